The van der Waals surface area contributed by atoms with Crippen molar-refractivity contribution in [3.8, 4) is 0 Å². The first kappa shape index (κ1) is 31.7. The van der Waals surface area contributed by atoms with E-state index < -0.39 is 16.1 Å². The molecule has 0 radical (unpaired) electrons. The molecule has 1 aromatic carbocycles. The molecule has 4 nitrogen and oxygen atoms in total. The van der Waals surface area contributed by atoms with Crippen LogP contribution in [0.4, 0.5) is 0 Å². The van der Waals surface area contributed by atoms with Gasteiger partial charge in [-0.25, -0.2) is 0 Å². The summed E-state index contributed by atoms with van der Waals surface area (Å²) in [7, 11) is -3.99. The molecule has 0 fully saturated rings. The van der Waals surface area contributed by atoms with Crippen molar-refractivity contribution >= 4 is 16.1 Å². The highest BCUT2D eigenvalue weighted by Gasteiger charge is 2.19. The normalized spacial score (nSPS) is 11.6. The second-order valence-electron chi connectivity index (χ2n) is 10.0. The van der Waals surface area contributed by atoms with E-state index >= 15 is 0 Å². The van der Waals surface area contributed by atoms with Gasteiger partial charge in [-0.05, 0) is 18.6 Å². The maximum atomic E-state index is 12.0. The Morgan fingerprint density at radius 1 is 0.571 bits per heavy atom. The van der Waals surface area contributed by atoms with Gasteiger partial charge in [-0.15, -0.1) is 0 Å². The summed E-state index contributed by atoms with van der Waals surface area (Å²) in [5.74, 6) is -0.661. The second kappa shape index (κ2) is 21.9. The summed E-state index contributed by atoms with van der Waals surface area (Å²) in [6.07, 6.45) is 27.7. The van der Waals surface area contributed by atoms with E-state index in [4.69, 9.17) is 4.18 Å². The Bertz CT molecular complexity index is 715. The van der Waals surface area contributed by atoms with Crippen LogP contribution >= 0.6 is 0 Å². The number of benzene rings is 1. The molecule has 0 aliphatic rings. The van der Waals surface area contributed by atoms with Crippen LogP contribution < -0.4 is 0 Å². The monoisotopic (exact) mass is 508 g/mol. The van der Waals surface area contributed by atoms with Crippen molar-refractivity contribution in [2.24, 2.45) is 0 Å². The summed E-state index contributed by atoms with van der Waals surface area (Å²) >= 11 is 0. The van der Waals surface area contributed by atoms with Gasteiger partial charge in [-0.3, -0.25) is 4.79 Å². The van der Waals surface area contributed by atoms with Crippen LogP contribution in [0.5, 0.6) is 0 Å². The van der Waals surface area contributed by atoms with Crippen molar-refractivity contribution in [3.63, 3.8) is 0 Å². The Labute approximate surface area is 216 Å². The molecule has 0 aliphatic carbocycles. The summed E-state index contributed by atoms with van der Waals surface area (Å²) in [5, 5.41) is 0. The predicted molar refractivity (Wildman–Crippen MR) is 147 cm³/mol. The van der Waals surface area contributed by atoms with Crippen LogP contribution in [0.15, 0.2) is 35.2 Å². The topological polar surface area (TPSA) is 60.4 Å². The maximum Gasteiger partial charge on any atom is 0.341 e. The molecular formula is C30H52O4S. The number of hydrogen-bond donors (Lipinski definition) is 0. The van der Waals surface area contributed by atoms with Crippen molar-refractivity contribution in [2.45, 2.75) is 153 Å². The highest BCUT2D eigenvalue weighted by atomic mass is 32.2. The van der Waals surface area contributed by atoms with Crippen molar-refractivity contribution in [3.05, 3.63) is 30.3 Å². The minimum Gasteiger partial charge on any atom is -0.342 e. The van der Waals surface area contributed by atoms with Gasteiger partial charge >= 0.3 is 16.1 Å². The van der Waals surface area contributed by atoms with Crippen LogP contribution in [0.3, 0.4) is 0 Å². The molecule has 0 amide bonds. The molecule has 0 spiro atoms. The maximum absolute atomic E-state index is 12.0. The zero-order valence-corrected chi connectivity index (χ0v) is 23.3. The molecular weight excluding hydrogens is 456 g/mol. The van der Waals surface area contributed by atoms with E-state index in [1.54, 1.807) is 18.2 Å². The lowest BCUT2D eigenvalue weighted by atomic mass is 10.0. The summed E-state index contributed by atoms with van der Waals surface area (Å²) in [6.45, 7) is 2.28. The van der Waals surface area contributed by atoms with Crippen LogP contribution in [0, 0.1) is 0 Å². The standard InChI is InChI=1S/C30H52O4S/c1-2-3-4-5-6-7-8-9-10-11-12-13-14-15-16-17-18-19-20-21-25-28-30(31)34-35(32,33)29-26-23-22-24-27-29/h22-24,26-27H,2-21,25,28H2,1H3. The largest absolute Gasteiger partial charge is 0.342 e. The molecule has 5 heteroatoms. The molecule has 1 rings (SSSR count). The predicted octanol–water partition coefficient (Wildman–Crippen LogP) is 9.52. The number of carbonyl (C=O) groups is 1. The fraction of sp³-hybridized carbons (Fsp3) is 0.767. The molecule has 0 unspecified atom stereocenters. The van der Waals surface area contributed by atoms with Gasteiger partial charge in [0.1, 0.15) is 4.90 Å². The molecule has 0 N–H and O–H groups in total. The molecule has 0 aliphatic heterocycles. The molecule has 0 atom stereocenters. The highest BCUT2D eigenvalue weighted by molar-refractivity contribution is 7.87. The van der Waals surface area contributed by atoms with Gasteiger partial charge < -0.3 is 4.18 Å². The fourth-order valence-electron chi connectivity index (χ4n) is 4.50. The highest BCUT2D eigenvalue weighted by Crippen LogP contribution is 2.16. The first-order valence-corrected chi connectivity index (χ1v) is 16.0. The average Bonchev–Trinajstić information content (AvgIpc) is 2.85. The Hall–Kier alpha value is -1.36. The summed E-state index contributed by atoms with van der Waals surface area (Å²) in [6, 6.07) is 7.81. The van der Waals surface area contributed by atoms with E-state index in [0.29, 0.717) is 6.42 Å². The molecule has 0 bridgehead atoms. The second-order valence-corrected chi connectivity index (χ2v) is 11.6. The number of unbranched alkanes of at least 4 members (excludes halogenated alkanes) is 20. The van der Waals surface area contributed by atoms with E-state index in [-0.39, 0.29) is 11.3 Å². The molecule has 202 valence electrons. The van der Waals surface area contributed by atoms with E-state index in [9.17, 15) is 13.2 Å². The van der Waals surface area contributed by atoms with E-state index in [1.807, 2.05) is 0 Å². The Morgan fingerprint density at radius 2 is 0.914 bits per heavy atom. The van der Waals surface area contributed by atoms with Gasteiger partial charge in [0, 0.05) is 6.42 Å². The Morgan fingerprint density at radius 3 is 1.29 bits per heavy atom. The fourth-order valence-corrected chi connectivity index (χ4v) is 5.42. The van der Waals surface area contributed by atoms with Crippen LogP contribution in [-0.2, 0) is 19.1 Å². The Balaban J connectivity index is 1.80. The van der Waals surface area contributed by atoms with E-state index in [2.05, 4.69) is 6.92 Å². The zero-order valence-electron chi connectivity index (χ0n) is 22.5. The summed E-state index contributed by atoms with van der Waals surface area (Å²) in [5.41, 5.74) is 0. The quantitative estimate of drug-likeness (QED) is 0.103. The van der Waals surface area contributed by atoms with Crippen molar-refractivity contribution in [1.29, 1.82) is 0 Å². The van der Waals surface area contributed by atoms with Crippen LogP contribution in [-0.4, -0.2) is 14.4 Å². The third-order valence-electron chi connectivity index (χ3n) is 6.72. The molecule has 0 saturated heterocycles. The van der Waals surface area contributed by atoms with Gasteiger partial charge in [0.15, 0.2) is 0 Å². The lowest BCUT2D eigenvalue weighted by molar-refractivity contribution is -0.133. The van der Waals surface area contributed by atoms with E-state index in [1.165, 1.54) is 128 Å². The third-order valence-corrected chi connectivity index (χ3v) is 7.97. The minimum atomic E-state index is -3.99. The van der Waals surface area contributed by atoms with Gasteiger partial charge in [0.25, 0.3) is 0 Å². The molecule has 0 heterocycles. The van der Waals surface area contributed by atoms with Gasteiger partial charge in [0.2, 0.25) is 0 Å². The minimum absolute atomic E-state index is 0.0205. The molecule has 0 saturated carbocycles. The van der Waals surface area contributed by atoms with Gasteiger partial charge in [-0.1, -0.05) is 154 Å². The molecule has 1 aromatic rings. The molecule has 35 heavy (non-hydrogen) atoms. The number of carbonyl (C=O) groups excluding carboxylic acids is 1. The molecule has 0 aromatic heterocycles. The number of hydrogen-bond acceptors (Lipinski definition) is 4. The van der Waals surface area contributed by atoms with Crippen molar-refractivity contribution in [1.82, 2.24) is 0 Å². The lowest BCUT2D eigenvalue weighted by Gasteiger charge is -2.06. The third kappa shape index (κ3) is 18.6. The van der Waals surface area contributed by atoms with Crippen LogP contribution in [0.1, 0.15) is 148 Å². The van der Waals surface area contributed by atoms with Crippen molar-refractivity contribution in [2.75, 3.05) is 0 Å². The average molecular weight is 509 g/mol. The van der Waals surface area contributed by atoms with Gasteiger partial charge in [0.05, 0.1) is 0 Å². The smallest absolute Gasteiger partial charge is 0.341 e. The Kier molecular flexibility index (Phi) is 19.8. The van der Waals surface area contributed by atoms with Crippen LogP contribution in [0.25, 0.3) is 0 Å². The summed E-state index contributed by atoms with van der Waals surface area (Å²) in [4.78, 5) is 11.9. The van der Waals surface area contributed by atoms with E-state index in [0.717, 1.165) is 12.8 Å². The van der Waals surface area contributed by atoms with Crippen molar-refractivity contribution < 1.29 is 17.4 Å². The first-order valence-electron chi connectivity index (χ1n) is 14.6. The number of rotatable bonds is 24. The SMILES string of the molecule is CCCCCCCCCCCCCCCCCCCCCCCC(=O)OS(=O)(=O)c1ccccc1. The summed E-state index contributed by atoms with van der Waals surface area (Å²) < 4.78 is 28.7. The zero-order chi connectivity index (χ0) is 25.5. The first-order chi connectivity index (χ1) is 17.1. The lowest BCUT2D eigenvalue weighted by Crippen LogP contribution is -2.13. The van der Waals surface area contributed by atoms with Gasteiger partial charge in [-0.2, -0.15) is 8.42 Å². The van der Waals surface area contributed by atoms with Crippen LogP contribution in [0.2, 0.25) is 0 Å².